The van der Waals surface area contributed by atoms with Gasteiger partial charge in [-0.05, 0) is 0 Å². The first-order chi connectivity index (χ1) is 6.00. The van der Waals surface area contributed by atoms with E-state index in [4.69, 9.17) is 0 Å². The normalized spacial score (nSPS) is 2.17. The highest BCUT2D eigenvalue weighted by atomic mass is 13.0. The molecule has 0 fully saturated rings. The minimum absolute atomic E-state index is 2.00. The maximum Gasteiger partial charge on any atom is -0.0683 e. The zero-order chi connectivity index (χ0) is 12.0. The predicted octanol–water partition coefficient (Wildman–Crippen LogP) is 5.04. The van der Waals surface area contributed by atoms with Crippen LogP contribution in [-0.4, -0.2) is 0 Å². The lowest BCUT2D eigenvalue weighted by Crippen LogP contribution is -0.856. The predicted molar refractivity (Wildman–Crippen MR) is 67.6 cm³/mol. The van der Waals surface area contributed by atoms with Gasteiger partial charge in [0.15, 0.2) is 0 Å². The van der Waals surface area contributed by atoms with Crippen molar-refractivity contribution in [2.75, 3.05) is 0 Å². The highest BCUT2D eigenvalue weighted by Crippen LogP contribution is 1.14. The van der Waals surface area contributed by atoms with E-state index in [1.807, 2.05) is 13.8 Å². The van der Waals surface area contributed by atoms with Crippen LogP contribution in [0.4, 0.5) is 0 Å². The monoisotopic (exact) mass is 170 g/mol. The molecule has 0 radical (unpaired) electrons. The van der Waals surface area contributed by atoms with Gasteiger partial charge in [0.05, 0.1) is 0 Å². The third kappa shape index (κ3) is 305. The largest absolute Gasteiger partial charge is 0.106 e. The molecule has 0 heterocycles. The summed E-state index contributed by atoms with van der Waals surface area (Å²) in [4.78, 5) is 0. The molecule has 0 heteroatoms. The third-order valence-electron chi connectivity index (χ3n) is 0. The molecule has 0 unspecified atom stereocenters. The topological polar surface area (TPSA) is 0 Å². The van der Waals surface area contributed by atoms with E-state index in [1.54, 1.807) is 0 Å². The van der Waals surface area contributed by atoms with Gasteiger partial charge in [-0.1, -0.05) is 13.8 Å². The maximum absolute atomic E-state index is 3.00. The summed E-state index contributed by atoms with van der Waals surface area (Å²) in [7, 11) is 0. The Balaban J connectivity index is -0.00000000900. The van der Waals surface area contributed by atoms with Crippen molar-refractivity contribution < 1.29 is 0 Å². The molecule has 0 N–H and O–H groups in total. The van der Waals surface area contributed by atoms with Gasteiger partial charge in [-0.15, -0.1) is 65.8 Å². The van der Waals surface area contributed by atoms with Crippen LogP contribution in [0.1, 0.15) is 13.8 Å². The molecule has 0 saturated heterocycles. The van der Waals surface area contributed by atoms with Gasteiger partial charge in [0, 0.05) is 0 Å². The fraction of sp³-hybridized carbons (Fsp3) is 0.167. The minimum Gasteiger partial charge on any atom is -0.106 e. The minimum atomic E-state index is 2.00. The van der Waals surface area contributed by atoms with Crippen molar-refractivity contribution >= 4 is 0 Å². The SMILES string of the molecule is C=C.C=C.C=C.C=C.C=C.CC. The summed E-state index contributed by atoms with van der Waals surface area (Å²) in [6.07, 6.45) is 0. The number of hydrogen-bond donors (Lipinski definition) is 0. The smallest absolute Gasteiger partial charge is 0.0683 e. The molecule has 0 aromatic rings. The summed E-state index contributed by atoms with van der Waals surface area (Å²) in [5.41, 5.74) is 0. The van der Waals surface area contributed by atoms with Crippen molar-refractivity contribution in [1.29, 1.82) is 0 Å². The fourth-order valence-electron chi connectivity index (χ4n) is 0. The van der Waals surface area contributed by atoms with Crippen LogP contribution in [0, 0.1) is 0 Å². The second-order valence-corrected chi connectivity index (χ2v) is 0. The van der Waals surface area contributed by atoms with Gasteiger partial charge in [0.25, 0.3) is 0 Å². The Labute approximate surface area is 80.3 Å². The Kier molecular flexibility index (Phi) is 1650. The van der Waals surface area contributed by atoms with Gasteiger partial charge in [0.1, 0.15) is 0 Å². The second-order valence-electron chi connectivity index (χ2n) is 0. The van der Waals surface area contributed by atoms with Crippen LogP contribution in [0.2, 0.25) is 0 Å². The molecule has 0 spiro atoms. The van der Waals surface area contributed by atoms with Crippen molar-refractivity contribution in [1.82, 2.24) is 0 Å². The molecule has 12 heavy (non-hydrogen) atoms. The Morgan fingerprint density at radius 1 is 0.333 bits per heavy atom. The molecule has 0 aliphatic carbocycles. The average molecular weight is 170 g/mol. The summed E-state index contributed by atoms with van der Waals surface area (Å²) in [5.74, 6) is 0. The average Bonchev–Trinajstić information content (AvgIpc) is 2.33. The molecule has 0 aliphatic rings. The molecule has 0 aromatic carbocycles. The second kappa shape index (κ2) is 434. The molecule has 0 amide bonds. The maximum atomic E-state index is 3.00. The first-order valence-corrected chi connectivity index (χ1v) is 3.50. The van der Waals surface area contributed by atoms with Crippen LogP contribution < -0.4 is 0 Å². The number of hydrogen-bond acceptors (Lipinski definition) is 0. The van der Waals surface area contributed by atoms with E-state index in [1.165, 1.54) is 0 Å². The van der Waals surface area contributed by atoms with Gasteiger partial charge in [-0.3, -0.25) is 0 Å². The van der Waals surface area contributed by atoms with Gasteiger partial charge >= 0.3 is 0 Å². The van der Waals surface area contributed by atoms with E-state index in [2.05, 4.69) is 65.8 Å². The summed E-state index contributed by atoms with van der Waals surface area (Å²) in [6.45, 7) is 34.0. The molecule has 0 saturated carbocycles. The van der Waals surface area contributed by atoms with Crippen LogP contribution in [0.5, 0.6) is 0 Å². The van der Waals surface area contributed by atoms with E-state index in [0.717, 1.165) is 0 Å². The standard InChI is InChI=1S/C2H6.5C2H4/c6*1-2/h1-2H3;5*1-2H2. The van der Waals surface area contributed by atoms with Crippen molar-refractivity contribution in [3.63, 3.8) is 0 Å². The first-order valence-electron chi connectivity index (χ1n) is 3.50. The van der Waals surface area contributed by atoms with E-state index in [0.29, 0.717) is 0 Å². The van der Waals surface area contributed by atoms with Gasteiger partial charge in [-0.25, -0.2) is 0 Å². The highest BCUT2D eigenvalue weighted by molar-refractivity contribution is 4.23. The van der Waals surface area contributed by atoms with E-state index >= 15 is 0 Å². The Hall–Kier alpha value is -1.30. The Morgan fingerprint density at radius 3 is 0.333 bits per heavy atom. The lowest BCUT2D eigenvalue weighted by molar-refractivity contribution is 1.50. The van der Waals surface area contributed by atoms with Gasteiger partial charge < -0.3 is 0 Å². The quantitative estimate of drug-likeness (QED) is 0.447. The van der Waals surface area contributed by atoms with E-state index in [9.17, 15) is 0 Å². The van der Waals surface area contributed by atoms with Crippen LogP contribution >= 0.6 is 0 Å². The molecule has 0 rings (SSSR count). The fourth-order valence-corrected chi connectivity index (χ4v) is 0. The van der Waals surface area contributed by atoms with Crippen molar-refractivity contribution in [2.24, 2.45) is 0 Å². The lowest BCUT2D eigenvalue weighted by atomic mass is 11.0. The zero-order valence-electron chi connectivity index (χ0n) is 9.07. The zero-order valence-corrected chi connectivity index (χ0v) is 9.07. The van der Waals surface area contributed by atoms with Crippen LogP contribution in [0.3, 0.4) is 0 Å². The molecule has 0 aliphatic heterocycles. The summed E-state index contributed by atoms with van der Waals surface area (Å²) >= 11 is 0. The summed E-state index contributed by atoms with van der Waals surface area (Å²) in [5, 5.41) is 0. The van der Waals surface area contributed by atoms with E-state index < -0.39 is 0 Å². The van der Waals surface area contributed by atoms with Crippen molar-refractivity contribution in [3.8, 4) is 0 Å². The van der Waals surface area contributed by atoms with Gasteiger partial charge in [0.2, 0.25) is 0 Å². The molecule has 0 bridgehead atoms. The van der Waals surface area contributed by atoms with Crippen LogP contribution in [0.15, 0.2) is 65.8 Å². The Bertz CT molecular complexity index is 11.6. The summed E-state index contributed by atoms with van der Waals surface area (Å²) in [6, 6.07) is 0. The van der Waals surface area contributed by atoms with Gasteiger partial charge in [-0.2, -0.15) is 0 Å². The molecule has 0 aromatic heterocycles. The highest BCUT2D eigenvalue weighted by Gasteiger charge is 0.932. The lowest BCUT2D eigenvalue weighted by Gasteiger charge is -1.07. The molecule has 0 nitrogen and oxygen atoms in total. The molecule has 0 atom stereocenters. The summed E-state index contributed by atoms with van der Waals surface area (Å²) < 4.78 is 0. The molecular formula is C12H26. The first kappa shape index (κ1) is 45.6. The third-order valence-corrected chi connectivity index (χ3v) is 0. The number of rotatable bonds is 0. The van der Waals surface area contributed by atoms with Crippen molar-refractivity contribution in [2.45, 2.75) is 13.8 Å². The molecule has 74 valence electrons. The Morgan fingerprint density at radius 2 is 0.333 bits per heavy atom. The molecular weight excluding hydrogens is 144 g/mol. The van der Waals surface area contributed by atoms with E-state index in [-0.39, 0.29) is 0 Å². The van der Waals surface area contributed by atoms with Crippen LogP contribution in [0.25, 0.3) is 0 Å². The van der Waals surface area contributed by atoms with Crippen LogP contribution in [-0.2, 0) is 0 Å². The van der Waals surface area contributed by atoms with Crippen molar-refractivity contribution in [3.05, 3.63) is 65.8 Å².